The Kier molecular flexibility index (Phi) is 12.0. The van der Waals surface area contributed by atoms with Crippen LogP contribution in [-0.2, 0) is 14.3 Å². The molecule has 3 aliphatic rings. The number of carbonyl (C=O) groups excluding carboxylic acids is 1. The summed E-state index contributed by atoms with van der Waals surface area (Å²) in [7, 11) is 3.79. The van der Waals surface area contributed by atoms with Crippen molar-refractivity contribution < 1.29 is 14.3 Å². The highest BCUT2D eigenvalue weighted by Gasteiger charge is 2.34. The van der Waals surface area contributed by atoms with Crippen LogP contribution in [0.25, 0.3) is 0 Å². The lowest BCUT2D eigenvalue weighted by atomic mass is 9.88. The van der Waals surface area contributed by atoms with Gasteiger partial charge in [-0.25, -0.2) is 0 Å². The number of piperazine rings is 1. The first-order chi connectivity index (χ1) is 16.4. The molecule has 2 atom stereocenters. The maximum absolute atomic E-state index is 12.5. The molecule has 3 rings (SSSR count). The highest BCUT2D eigenvalue weighted by molar-refractivity contribution is 5.78. The van der Waals surface area contributed by atoms with Crippen LogP contribution >= 0.6 is 0 Å². The summed E-state index contributed by atoms with van der Waals surface area (Å²) in [5.74, 6) is 1.65. The summed E-state index contributed by atoms with van der Waals surface area (Å²) in [5.41, 5.74) is 0. The van der Waals surface area contributed by atoms with Crippen LogP contribution in [0.2, 0.25) is 0 Å². The smallest absolute Gasteiger partial charge is 0.234 e. The molecule has 2 saturated heterocycles. The van der Waals surface area contributed by atoms with Crippen molar-refractivity contribution >= 4 is 5.91 Å². The maximum Gasteiger partial charge on any atom is 0.234 e. The Morgan fingerprint density at radius 2 is 1.62 bits per heavy atom. The van der Waals surface area contributed by atoms with Crippen molar-refractivity contribution in [1.82, 2.24) is 25.3 Å². The third-order valence-corrected chi connectivity index (χ3v) is 7.75. The second-order valence-electron chi connectivity index (χ2n) is 11.1. The number of amides is 1. The van der Waals surface area contributed by atoms with E-state index in [0.717, 1.165) is 96.5 Å². The number of methoxy groups -OCH3 is 1. The Labute approximate surface area is 208 Å². The van der Waals surface area contributed by atoms with Gasteiger partial charge in [0.25, 0.3) is 0 Å². The lowest BCUT2D eigenvalue weighted by Gasteiger charge is -2.41. The molecule has 2 unspecified atom stereocenters. The first-order valence-corrected chi connectivity index (χ1v) is 13.7. The van der Waals surface area contributed by atoms with Crippen molar-refractivity contribution in [2.45, 2.75) is 64.2 Å². The van der Waals surface area contributed by atoms with E-state index >= 15 is 0 Å². The molecule has 0 aromatic carbocycles. The summed E-state index contributed by atoms with van der Waals surface area (Å²) in [4.78, 5) is 19.7. The second-order valence-corrected chi connectivity index (χ2v) is 11.1. The Morgan fingerprint density at radius 1 is 0.941 bits per heavy atom. The van der Waals surface area contributed by atoms with Gasteiger partial charge in [-0.3, -0.25) is 14.6 Å². The van der Waals surface area contributed by atoms with Crippen LogP contribution in [0.1, 0.15) is 46.0 Å². The molecule has 2 aliphatic heterocycles. The quantitative estimate of drug-likeness (QED) is 0.387. The summed E-state index contributed by atoms with van der Waals surface area (Å²) in [5, 5.41) is 6.51. The van der Waals surface area contributed by atoms with Crippen LogP contribution < -0.4 is 10.6 Å². The number of rotatable bonds is 14. The molecule has 0 spiro atoms. The van der Waals surface area contributed by atoms with Crippen molar-refractivity contribution in [3.8, 4) is 0 Å². The van der Waals surface area contributed by atoms with Gasteiger partial charge in [0, 0.05) is 65.5 Å². The molecule has 8 heteroatoms. The first-order valence-electron chi connectivity index (χ1n) is 13.7. The molecule has 0 aromatic rings. The topological polar surface area (TPSA) is 69.3 Å². The van der Waals surface area contributed by atoms with E-state index < -0.39 is 0 Å². The first kappa shape index (κ1) is 27.8. The van der Waals surface area contributed by atoms with E-state index in [-0.39, 0.29) is 5.91 Å². The third-order valence-electron chi connectivity index (χ3n) is 7.75. The van der Waals surface area contributed by atoms with Crippen molar-refractivity contribution in [3.05, 3.63) is 0 Å². The molecule has 3 fully saturated rings. The van der Waals surface area contributed by atoms with Crippen molar-refractivity contribution in [1.29, 1.82) is 0 Å². The SMILES string of the molecule is CNCC(C)CC(C)CN1CCC(OC2CC(NC(=O)CN3CCN(CCOC)CC3)C2)CC1. The lowest BCUT2D eigenvalue weighted by molar-refractivity contribution is -0.127. The van der Waals surface area contributed by atoms with E-state index in [0.29, 0.717) is 24.8 Å². The summed E-state index contributed by atoms with van der Waals surface area (Å²) < 4.78 is 11.5. The Morgan fingerprint density at radius 3 is 2.26 bits per heavy atom. The van der Waals surface area contributed by atoms with Gasteiger partial charge < -0.3 is 25.0 Å². The third kappa shape index (κ3) is 9.70. The zero-order valence-corrected chi connectivity index (χ0v) is 22.3. The molecule has 198 valence electrons. The molecule has 1 saturated carbocycles. The number of nitrogens with one attached hydrogen (secondary N) is 2. The largest absolute Gasteiger partial charge is 0.383 e. The number of hydrogen-bond donors (Lipinski definition) is 2. The van der Waals surface area contributed by atoms with Gasteiger partial charge in [0.05, 0.1) is 25.4 Å². The van der Waals surface area contributed by atoms with E-state index in [1.54, 1.807) is 7.11 Å². The minimum Gasteiger partial charge on any atom is -0.383 e. The molecule has 8 nitrogen and oxygen atoms in total. The van der Waals surface area contributed by atoms with Crippen molar-refractivity contribution in [3.63, 3.8) is 0 Å². The van der Waals surface area contributed by atoms with Crippen LogP contribution in [-0.4, -0.2) is 125 Å². The fourth-order valence-corrected chi connectivity index (χ4v) is 5.80. The van der Waals surface area contributed by atoms with Gasteiger partial charge in [-0.1, -0.05) is 13.8 Å². The van der Waals surface area contributed by atoms with E-state index in [1.165, 1.54) is 13.0 Å². The average molecular weight is 482 g/mol. The molecule has 1 amide bonds. The minimum absolute atomic E-state index is 0.167. The number of piperidine rings is 1. The van der Waals surface area contributed by atoms with Gasteiger partial charge in [0.15, 0.2) is 0 Å². The molecule has 0 aromatic heterocycles. The van der Waals surface area contributed by atoms with Crippen LogP contribution in [0.5, 0.6) is 0 Å². The Hall–Kier alpha value is -0.770. The average Bonchev–Trinajstić information content (AvgIpc) is 2.78. The van der Waals surface area contributed by atoms with Crippen molar-refractivity contribution in [2.75, 3.05) is 86.2 Å². The molecule has 2 heterocycles. The Balaban J connectivity index is 1.21. The molecule has 0 radical (unpaired) electrons. The van der Waals surface area contributed by atoms with Gasteiger partial charge in [-0.15, -0.1) is 0 Å². The fraction of sp³-hybridized carbons (Fsp3) is 0.962. The molecule has 34 heavy (non-hydrogen) atoms. The highest BCUT2D eigenvalue weighted by Crippen LogP contribution is 2.28. The van der Waals surface area contributed by atoms with E-state index in [9.17, 15) is 4.79 Å². The van der Waals surface area contributed by atoms with Gasteiger partial charge in [0.1, 0.15) is 0 Å². The zero-order valence-electron chi connectivity index (χ0n) is 22.3. The molecular formula is C26H51N5O3. The minimum atomic E-state index is 0.167. The lowest BCUT2D eigenvalue weighted by Crippen LogP contribution is -2.54. The van der Waals surface area contributed by atoms with Gasteiger partial charge in [-0.05, 0) is 57.5 Å². The van der Waals surface area contributed by atoms with Crippen LogP contribution in [0.15, 0.2) is 0 Å². The standard InChI is InChI=1S/C26H51N5O3/c1-21(18-27-3)15-22(2)19-30-7-5-24(6-8-30)34-25-16-23(17-25)28-26(32)20-31-11-9-29(10-12-31)13-14-33-4/h21-25,27H,5-20H2,1-4H3,(H,28,32). The number of carbonyl (C=O) groups is 1. The Bertz CT molecular complexity index is 573. The van der Waals surface area contributed by atoms with E-state index in [4.69, 9.17) is 9.47 Å². The maximum atomic E-state index is 12.5. The fourth-order valence-electron chi connectivity index (χ4n) is 5.80. The molecule has 1 aliphatic carbocycles. The summed E-state index contributed by atoms with van der Waals surface area (Å²) in [6.45, 7) is 15.6. The molecular weight excluding hydrogens is 430 g/mol. The number of hydrogen-bond acceptors (Lipinski definition) is 7. The predicted molar refractivity (Wildman–Crippen MR) is 137 cm³/mol. The van der Waals surface area contributed by atoms with Crippen molar-refractivity contribution in [2.24, 2.45) is 11.8 Å². The van der Waals surface area contributed by atoms with Crippen LogP contribution in [0, 0.1) is 11.8 Å². The van der Waals surface area contributed by atoms with E-state index in [2.05, 4.69) is 39.2 Å². The molecule has 2 N–H and O–H groups in total. The van der Waals surface area contributed by atoms with Crippen LogP contribution in [0.4, 0.5) is 0 Å². The predicted octanol–water partition coefficient (Wildman–Crippen LogP) is 1.26. The number of likely N-dealkylation sites (tertiary alicyclic amines) is 1. The second kappa shape index (κ2) is 14.7. The monoisotopic (exact) mass is 481 g/mol. The zero-order chi connectivity index (χ0) is 24.3. The highest BCUT2D eigenvalue weighted by atomic mass is 16.5. The van der Waals surface area contributed by atoms with Gasteiger partial charge >= 0.3 is 0 Å². The van der Waals surface area contributed by atoms with Crippen LogP contribution in [0.3, 0.4) is 0 Å². The number of ether oxygens (including phenoxy) is 2. The normalized spacial score (nSPS) is 27.3. The van der Waals surface area contributed by atoms with E-state index in [1.807, 2.05) is 7.05 Å². The van der Waals surface area contributed by atoms with Gasteiger partial charge in [-0.2, -0.15) is 0 Å². The number of nitrogens with zero attached hydrogens (tertiary/aromatic N) is 3. The summed E-state index contributed by atoms with van der Waals surface area (Å²) >= 11 is 0. The summed E-state index contributed by atoms with van der Waals surface area (Å²) in [6.07, 6.45) is 6.23. The molecule has 0 bridgehead atoms. The summed E-state index contributed by atoms with van der Waals surface area (Å²) in [6, 6.07) is 0.293. The van der Waals surface area contributed by atoms with Gasteiger partial charge in [0.2, 0.25) is 5.91 Å².